The molecule has 0 radical (unpaired) electrons. The lowest BCUT2D eigenvalue weighted by Crippen LogP contribution is -2.17. The number of ether oxygens (including phenoxy) is 1. The summed E-state index contributed by atoms with van der Waals surface area (Å²) in [7, 11) is 1.99. The van der Waals surface area contributed by atoms with Crippen LogP contribution in [0.1, 0.15) is 35.2 Å². The molecule has 1 atom stereocenters. The van der Waals surface area contributed by atoms with Gasteiger partial charge in [0.05, 0.1) is 12.1 Å². The summed E-state index contributed by atoms with van der Waals surface area (Å²) in [4.78, 5) is 2.61. The van der Waals surface area contributed by atoms with Crippen molar-refractivity contribution in [1.82, 2.24) is 5.32 Å². The summed E-state index contributed by atoms with van der Waals surface area (Å²) in [5.74, 6) is 0.919. The lowest BCUT2D eigenvalue weighted by atomic mass is 10.1. The highest BCUT2D eigenvalue weighted by atomic mass is 79.9. The molecule has 1 aromatic carbocycles. The molecule has 1 heterocycles. The molecular weight excluding hydrogens is 334 g/mol. The van der Waals surface area contributed by atoms with Crippen LogP contribution in [-0.4, -0.2) is 13.2 Å². The Balaban J connectivity index is 2.34. The molecule has 0 saturated heterocycles. The first kappa shape index (κ1) is 15.5. The summed E-state index contributed by atoms with van der Waals surface area (Å²) in [5.41, 5.74) is 1.22. The fourth-order valence-corrected chi connectivity index (χ4v) is 4.21. The average Bonchev–Trinajstić information content (AvgIpc) is 2.69. The number of nitrogens with one attached hydrogen (secondary N) is 1. The molecule has 1 aromatic heterocycles. The van der Waals surface area contributed by atoms with E-state index in [1.54, 1.807) is 0 Å². The van der Waals surface area contributed by atoms with Crippen LogP contribution in [0.2, 0.25) is 0 Å². The SMILES string of the molecule is CNC(c1cccc(OC(C)C)c1)c1sc(C)cc1Br. The molecule has 20 heavy (non-hydrogen) atoms. The van der Waals surface area contributed by atoms with Gasteiger partial charge in [0.1, 0.15) is 5.75 Å². The summed E-state index contributed by atoms with van der Waals surface area (Å²) in [6.07, 6.45) is 0.189. The van der Waals surface area contributed by atoms with Crippen LogP contribution < -0.4 is 10.1 Å². The Morgan fingerprint density at radius 2 is 2.00 bits per heavy atom. The van der Waals surface area contributed by atoms with Gasteiger partial charge in [-0.25, -0.2) is 0 Å². The molecule has 0 amide bonds. The third-order valence-electron chi connectivity index (χ3n) is 2.95. The first-order valence-corrected chi connectivity index (χ1v) is 8.32. The Morgan fingerprint density at radius 3 is 2.55 bits per heavy atom. The summed E-state index contributed by atoms with van der Waals surface area (Å²) in [6.45, 7) is 6.22. The van der Waals surface area contributed by atoms with Crippen molar-refractivity contribution >= 4 is 27.3 Å². The van der Waals surface area contributed by atoms with Crippen LogP contribution in [0.25, 0.3) is 0 Å². The predicted octanol–water partition coefficient (Wildman–Crippen LogP) is 4.92. The second kappa shape index (κ2) is 6.74. The van der Waals surface area contributed by atoms with Crippen LogP contribution in [0.15, 0.2) is 34.8 Å². The maximum Gasteiger partial charge on any atom is 0.120 e. The van der Waals surface area contributed by atoms with Crippen LogP contribution in [-0.2, 0) is 0 Å². The van der Waals surface area contributed by atoms with Crippen molar-refractivity contribution in [2.75, 3.05) is 7.05 Å². The molecule has 2 nitrogen and oxygen atoms in total. The van der Waals surface area contributed by atoms with Gasteiger partial charge in [-0.3, -0.25) is 0 Å². The van der Waals surface area contributed by atoms with Crippen molar-refractivity contribution in [3.8, 4) is 5.75 Å². The minimum atomic E-state index is 0.179. The van der Waals surface area contributed by atoms with Crippen molar-refractivity contribution in [3.63, 3.8) is 0 Å². The van der Waals surface area contributed by atoms with E-state index in [-0.39, 0.29) is 12.1 Å². The number of benzene rings is 1. The van der Waals surface area contributed by atoms with E-state index in [1.165, 1.54) is 15.3 Å². The van der Waals surface area contributed by atoms with E-state index >= 15 is 0 Å². The standard InChI is InChI=1S/C16H20BrNOS/c1-10(2)19-13-7-5-6-12(9-13)15(18-4)16-14(17)8-11(3)20-16/h5-10,15,18H,1-4H3. The molecule has 0 aliphatic carbocycles. The van der Waals surface area contributed by atoms with Gasteiger partial charge in [-0.15, -0.1) is 11.3 Å². The van der Waals surface area contributed by atoms with Gasteiger partial charge < -0.3 is 10.1 Å². The van der Waals surface area contributed by atoms with Crippen molar-refractivity contribution in [3.05, 3.63) is 50.1 Å². The molecule has 108 valence electrons. The van der Waals surface area contributed by atoms with Gasteiger partial charge >= 0.3 is 0 Å². The summed E-state index contributed by atoms with van der Waals surface area (Å²) >= 11 is 5.47. The first-order valence-electron chi connectivity index (χ1n) is 6.71. The molecule has 1 unspecified atom stereocenters. The maximum atomic E-state index is 5.78. The lowest BCUT2D eigenvalue weighted by molar-refractivity contribution is 0.242. The highest BCUT2D eigenvalue weighted by Crippen LogP contribution is 2.36. The summed E-state index contributed by atoms with van der Waals surface area (Å²) < 4.78 is 6.95. The van der Waals surface area contributed by atoms with Crippen molar-refractivity contribution < 1.29 is 4.74 Å². The highest BCUT2D eigenvalue weighted by molar-refractivity contribution is 9.10. The molecule has 2 rings (SSSR count). The van der Waals surface area contributed by atoms with Crippen LogP contribution in [0.4, 0.5) is 0 Å². The number of rotatable bonds is 5. The predicted molar refractivity (Wildman–Crippen MR) is 89.9 cm³/mol. The first-order chi connectivity index (χ1) is 9.51. The van der Waals surface area contributed by atoms with Gasteiger partial charge in [0.2, 0.25) is 0 Å². The molecular formula is C16H20BrNOS. The number of halogens is 1. The van der Waals surface area contributed by atoms with Crippen molar-refractivity contribution in [2.45, 2.75) is 32.9 Å². The number of hydrogen-bond donors (Lipinski definition) is 1. The monoisotopic (exact) mass is 353 g/mol. The lowest BCUT2D eigenvalue weighted by Gasteiger charge is -2.18. The number of aryl methyl sites for hydroxylation is 1. The minimum Gasteiger partial charge on any atom is -0.491 e. The molecule has 0 aliphatic heterocycles. The largest absolute Gasteiger partial charge is 0.491 e. The van der Waals surface area contributed by atoms with E-state index < -0.39 is 0 Å². The molecule has 0 bridgehead atoms. The van der Waals surface area contributed by atoms with E-state index in [1.807, 2.05) is 44.4 Å². The second-order valence-corrected chi connectivity index (χ2v) is 7.17. The Labute approximate surface area is 133 Å². The van der Waals surface area contributed by atoms with Gasteiger partial charge in [0, 0.05) is 14.2 Å². The van der Waals surface area contributed by atoms with Gasteiger partial charge in [-0.1, -0.05) is 12.1 Å². The second-order valence-electron chi connectivity index (χ2n) is 5.03. The fraction of sp³-hybridized carbons (Fsp3) is 0.375. The van der Waals surface area contributed by atoms with Crippen molar-refractivity contribution in [2.24, 2.45) is 0 Å². The molecule has 0 aliphatic rings. The third-order valence-corrected chi connectivity index (χ3v) is 4.98. The quantitative estimate of drug-likeness (QED) is 0.823. The molecule has 4 heteroatoms. The molecule has 0 saturated carbocycles. The van der Waals surface area contributed by atoms with Gasteiger partial charge in [0.15, 0.2) is 0 Å². The zero-order valence-corrected chi connectivity index (χ0v) is 14.6. The smallest absolute Gasteiger partial charge is 0.120 e. The van der Waals surface area contributed by atoms with E-state index in [0.717, 1.165) is 10.2 Å². The third kappa shape index (κ3) is 3.62. The normalized spacial score (nSPS) is 12.7. The van der Waals surface area contributed by atoms with Crippen LogP contribution in [0.3, 0.4) is 0 Å². The van der Waals surface area contributed by atoms with Gasteiger partial charge in [-0.05, 0) is 67.5 Å². The number of thiophene rings is 1. The maximum absolute atomic E-state index is 5.78. The Morgan fingerprint density at radius 1 is 1.25 bits per heavy atom. The van der Waals surface area contributed by atoms with E-state index in [0.29, 0.717) is 0 Å². The Hall–Kier alpha value is -0.840. The van der Waals surface area contributed by atoms with Crippen molar-refractivity contribution in [1.29, 1.82) is 0 Å². The number of hydrogen-bond acceptors (Lipinski definition) is 3. The molecule has 2 aromatic rings. The van der Waals surface area contributed by atoms with Gasteiger partial charge in [0.25, 0.3) is 0 Å². The Bertz CT molecular complexity index is 580. The topological polar surface area (TPSA) is 21.3 Å². The minimum absolute atomic E-state index is 0.179. The molecule has 0 spiro atoms. The zero-order chi connectivity index (χ0) is 14.7. The molecule has 0 fully saturated rings. The highest BCUT2D eigenvalue weighted by Gasteiger charge is 2.18. The van der Waals surface area contributed by atoms with E-state index in [4.69, 9.17) is 4.74 Å². The van der Waals surface area contributed by atoms with E-state index in [9.17, 15) is 0 Å². The zero-order valence-electron chi connectivity index (χ0n) is 12.2. The van der Waals surface area contributed by atoms with Crippen LogP contribution in [0.5, 0.6) is 5.75 Å². The van der Waals surface area contributed by atoms with Crippen LogP contribution in [0, 0.1) is 6.92 Å². The Kier molecular flexibility index (Phi) is 5.24. The summed E-state index contributed by atoms with van der Waals surface area (Å²) in [6, 6.07) is 10.6. The van der Waals surface area contributed by atoms with E-state index in [2.05, 4.69) is 46.4 Å². The average molecular weight is 354 g/mol. The fourth-order valence-electron chi connectivity index (χ4n) is 2.19. The van der Waals surface area contributed by atoms with Crippen LogP contribution >= 0.6 is 27.3 Å². The molecule has 1 N–H and O–H groups in total. The van der Waals surface area contributed by atoms with Gasteiger partial charge in [-0.2, -0.15) is 0 Å². The summed E-state index contributed by atoms with van der Waals surface area (Å²) in [5, 5.41) is 3.39.